The highest BCUT2D eigenvalue weighted by Gasteiger charge is 2.06. The number of hydrogen-bond donors (Lipinski definition) is 1. The summed E-state index contributed by atoms with van der Waals surface area (Å²) in [5, 5.41) is 0. The van der Waals surface area contributed by atoms with E-state index in [2.05, 4.69) is 4.84 Å². The molecular weight excluding hydrogens is 170 g/mol. The normalized spacial score (nSPS) is 9.46. The van der Waals surface area contributed by atoms with Crippen LogP contribution < -0.4 is 15.5 Å². The lowest BCUT2D eigenvalue weighted by Gasteiger charge is -2.06. The molecule has 0 amide bonds. The van der Waals surface area contributed by atoms with Gasteiger partial charge in [-0.05, 0) is 25.1 Å². The minimum atomic E-state index is -0.0260. The summed E-state index contributed by atoms with van der Waals surface area (Å²) in [5.74, 6) is 5.83. The zero-order valence-corrected chi connectivity index (χ0v) is 7.53. The fourth-order valence-electron chi connectivity index (χ4n) is 0.984. The maximum Gasteiger partial charge on any atom is 0.188 e. The van der Waals surface area contributed by atoms with Crippen molar-refractivity contribution in [1.82, 2.24) is 0 Å². The fraction of sp³-hybridized carbons (Fsp3) is 0.222. The van der Waals surface area contributed by atoms with E-state index in [1.54, 1.807) is 18.2 Å². The third kappa shape index (κ3) is 1.97. The van der Waals surface area contributed by atoms with Crippen molar-refractivity contribution in [3.8, 4) is 11.5 Å². The smallest absolute Gasteiger partial charge is 0.188 e. The molecule has 4 nitrogen and oxygen atoms in total. The quantitative estimate of drug-likeness (QED) is 0.561. The molecule has 0 aliphatic carbocycles. The van der Waals surface area contributed by atoms with Crippen LogP contribution in [0.4, 0.5) is 0 Å². The van der Waals surface area contributed by atoms with E-state index in [1.165, 1.54) is 14.0 Å². The maximum atomic E-state index is 11.0. The molecule has 0 saturated carbocycles. The number of Topliss-reactive ketones (excluding diaryl/α,β-unsaturated/α-hetero) is 1. The van der Waals surface area contributed by atoms with Crippen LogP contribution in [0.1, 0.15) is 17.3 Å². The summed E-state index contributed by atoms with van der Waals surface area (Å²) < 4.78 is 4.97. The van der Waals surface area contributed by atoms with E-state index in [9.17, 15) is 4.79 Å². The van der Waals surface area contributed by atoms with Gasteiger partial charge in [0.15, 0.2) is 17.3 Å². The first-order valence-corrected chi connectivity index (χ1v) is 3.74. The van der Waals surface area contributed by atoms with Crippen LogP contribution in [0.25, 0.3) is 0 Å². The summed E-state index contributed by atoms with van der Waals surface area (Å²) >= 11 is 0. The van der Waals surface area contributed by atoms with E-state index < -0.39 is 0 Å². The molecule has 0 aromatic heterocycles. The van der Waals surface area contributed by atoms with Crippen LogP contribution in [0, 0.1) is 0 Å². The summed E-state index contributed by atoms with van der Waals surface area (Å²) in [6.07, 6.45) is 0. The van der Waals surface area contributed by atoms with E-state index in [0.29, 0.717) is 17.1 Å². The standard InChI is InChI=1S/C9H11NO3/c1-6(11)7-3-4-8(13-10)9(5-7)12-2/h3-5H,10H2,1-2H3. The molecular formula is C9H11NO3. The van der Waals surface area contributed by atoms with Crippen molar-refractivity contribution in [1.29, 1.82) is 0 Å². The summed E-state index contributed by atoms with van der Waals surface area (Å²) in [5.41, 5.74) is 0.567. The van der Waals surface area contributed by atoms with Crippen LogP contribution >= 0.6 is 0 Å². The van der Waals surface area contributed by atoms with Crippen molar-refractivity contribution < 1.29 is 14.4 Å². The van der Waals surface area contributed by atoms with Gasteiger partial charge in [0.2, 0.25) is 0 Å². The molecule has 0 fully saturated rings. The summed E-state index contributed by atoms with van der Waals surface area (Å²) in [6, 6.07) is 4.81. The number of carbonyl (C=O) groups is 1. The first-order chi connectivity index (χ1) is 6.19. The van der Waals surface area contributed by atoms with Gasteiger partial charge >= 0.3 is 0 Å². The summed E-state index contributed by atoms with van der Waals surface area (Å²) in [7, 11) is 1.49. The Morgan fingerprint density at radius 1 is 1.38 bits per heavy atom. The molecule has 4 heteroatoms. The monoisotopic (exact) mass is 181 g/mol. The average molecular weight is 181 g/mol. The van der Waals surface area contributed by atoms with Crippen molar-refractivity contribution in [2.75, 3.05) is 7.11 Å². The third-order valence-electron chi connectivity index (χ3n) is 1.70. The molecule has 1 rings (SSSR count). The molecule has 13 heavy (non-hydrogen) atoms. The molecule has 1 aromatic carbocycles. The number of benzene rings is 1. The summed E-state index contributed by atoms with van der Waals surface area (Å²) in [6.45, 7) is 1.48. The maximum absolute atomic E-state index is 11.0. The Hall–Kier alpha value is -1.55. The number of hydrogen-bond acceptors (Lipinski definition) is 4. The predicted octanol–water partition coefficient (Wildman–Crippen LogP) is 1.15. The van der Waals surface area contributed by atoms with Crippen LogP contribution in [0.3, 0.4) is 0 Å². The lowest BCUT2D eigenvalue weighted by molar-refractivity contribution is 0.101. The van der Waals surface area contributed by atoms with E-state index >= 15 is 0 Å². The number of methoxy groups -OCH3 is 1. The first kappa shape index (κ1) is 9.54. The van der Waals surface area contributed by atoms with Gasteiger partial charge in [-0.1, -0.05) is 0 Å². The molecule has 0 unspecified atom stereocenters. The third-order valence-corrected chi connectivity index (χ3v) is 1.70. The van der Waals surface area contributed by atoms with Gasteiger partial charge in [0.1, 0.15) is 0 Å². The molecule has 1 aromatic rings. The second kappa shape index (κ2) is 3.91. The topological polar surface area (TPSA) is 61.5 Å². The van der Waals surface area contributed by atoms with E-state index in [1.807, 2.05) is 0 Å². The average Bonchev–Trinajstić information content (AvgIpc) is 2.16. The van der Waals surface area contributed by atoms with Gasteiger partial charge < -0.3 is 9.57 Å². The Labute approximate surface area is 76.2 Å². The number of carbonyl (C=O) groups excluding carboxylic acids is 1. The van der Waals surface area contributed by atoms with Crippen LogP contribution in [0.15, 0.2) is 18.2 Å². The number of ether oxygens (including phenoxy) is 1. The van der Waals surface area contributed by atoms with Crippen LogP contribution in [-0.4, -0.2) is 12.9 Å². The molecule has 0 aliphatic rings. The van der Waals surface area contributed by atoms with Crippen LogP contribution in [-0.2, 0) is 0 Å². The Morgan fingerprint density at radius 2 is 2.08 bits per heavy atom. The number of nitrogens with two attached hydrogens (primary N) is 1. The molecule has 0 bridgehead atoms. The minimum absolute atomic E-state index is 0.0260. The van der Waals surface area contributed by atoms with Crippen LogP contribution in [0.2, 0.25) is 0 Å². The number of rotatable bonds is 3. The fourth-order valence-corrected chi connectivity index (χ4v) is 0.984. The Bertz CT molecular complexity index is 323. The zero-order chi connectivity index (χ0) is 9.84. The molecule has 0 saturated heterocycles. The Balaban J connectivity index is 3.13. The highest BCUT2D eigenvalue weighted by atomic mass is 16.6. The Morgan fingerprint density at radius 3 is 2.54 bits per heavy atom. The van der Waals surface area contributed by atoms with Gasteiger partial charge in [-0.3, -0.25) is 4.79 Å². The first-order valence-electron chi connectivity index (χ1n) is 3.74. The van der Waals surface area contributed by atoms with E-state index in [0.717, 1.165) is 0 Å². The van der Waals surface area contributed by atoms with Gasteiger partial charge in [0, 0.05) is 5.56 Å². The lowest BCUT2D eigenvalue weighted by atomic mass is 10.1. The molecule has 0 aliphatic heterocycles. The molecule has 0 radical (unpaired) electrons. The molecule has 0 spiro atoms. The highest BCUT2D eigenvalue weighted by Crippen LogP contribution is 2.26. The second-order valence-corrected chi connectivity index (χ2v) is 2.54. The molecule has 0 heterocycles. The van der Waals surface area contributed by atoms with Crippen LogP contribution in [0.5, 0.6) is 11.5 Å². The van der Waals surface area contributed by atoms with Gasteiger partial charge in [-0.15, -0.1) is 0 Å². The number of ketones is 1. The van der Waals surface area contributed by atoms with Gasteiger partial charge in [-0.2, -0.15) is 5.90 Å². The highest BCUT2D eigenvalue weighted by molar-refractivity contribution is 5.94. The van der Waals surface area contributed by atoms with Crippen molar-refractivity contribution in [3.05, 3.63) is 23.8 Å². The van der Waals surface area contributed by atoms with Crippen molar-refractivity contribution in [3.63, 3.8) is 0 Å². The molecule has 0 atom stereocenters. The molecule has 70 valence electrons. The van der Waals surface area contributed by atoms with Crippen molar-refractivity contribution in [2.45, 2.75) is 6.92 Å². The zero-order valence-electron chi connectivity index (χ0n) is 7.53. The summed E-state index contributed by atoms with van der Waals surface area (Å²) in [4.78, 5) is 15.5. The SMILES string of the molecule is COc1cc(C(C)=O)ccc1ON. The molecule has 2 N–H and O–H groups in total. The van der Waals surface area contributed by atoms with Gasteiger partial charge in [0.05, 0.1) is 7.11 Å². The second-order valence-electron chi connectivity index (χ2n) is 2.54. The minimum Gasteiger partial charge on any atom is -0.493 e. The van der Waals surface area contributed by atoms with Gasteiger partial charge in [0.25, 0.3) is 0 Å². The van der Waals surface area contributed by atoms with Gasteiger partial charge in [-0.25, -0.2) is 0 Å². The van der Waals surface area contributed by atoms with Crippen molar-refractivity contribution >= 4 is 5.78 Å². The van der Waals surface area contributed by atoms with Crippen molar-refractivity contribution in [2.24, 2.45) is 5.90 Å². The lowest BCUT2D eigenvalue weighted by Crippen LogP contribution is -2.04. The largest absolute Gasteiger partial charge is 0.493 e. The van der Waals surface area contributed by atoms with E-state index in [-0.39, 0.29) is 5.78 Å². The predicted molar refractivity (Wildman–Crippen MR) is 47.8 cm³/mol. The Kier molecular flexibility index (Phi) is 2.87. The van der Waals surface area contributed by atoms with E-state index in [4.69, 9.17) is 10.6 Å².